The summed E-state index contributed by atoms with van der Waals surface area (Å²) in [7, 11) is 0. The highest BCUT2D eigenvalue weighted by molar-refractivity contribution is 7.22. The second-order valence-electron chi connectivity index (χ2n) is 5.90. The summed E-state index contributed by atoms with van der Waals surface area (Å²) >= 11 is 9.02. The Labute approximate surface area is 173 Å². The minimum absolute atomic E-state index is 0.192. The number of hydrogen-bond donors (Lipinski definition) is 3. The molecule has 1 amide bonds. The van der Waals surface area contributed by atoms with Gasteiger partial charge in [-0.25, -0.2) is 15.0 Å². The molecule has 0 radical (unpaired) electrons. The van der Waals surface area contributed by atoms with Crippen molar-refractivity contribution in [3.8, 4) is 10.6 Å². The number of amides is 1. The summed E-state index contributed by atoms with van der Waals surface area (Å²) in [5.74, 6) is -0.0482. The lowest BCUT2D eigenvalue weighted by molar-refractivity contribution is 0.103. The number of nitrogens with one attached hydrogen (secondary N) is 1. The predicted octanol–water partition coefficient (Wildman–Crippen LogP) is 3.80. The molecule has 0 fully saturated rings. The smallest absolute Gasteiger partial charge is 0.267 e. The van der Waals surface area contributed by atoms with Crippen LogP contribution in [0.4, 0.5) is 11.1 Å². The second kappa shape index (κ2) is 7.80. The van der Waals surface area contributed by atoms with Crippen LogP contribution < -0.4 is 16.8 Å². The monoisotopic (exact) mass is 430 g/mol. The van der Waals surface area contributed by atoms with Crippen molar-refractivity contribution >= 4 is 61.5 Å². The van der Waals surface area contributed by atoms with Crippen molar-refractivity contribution in [1.29, 1.82) is 0 Å². The van der Waals surface area contributed by atoms with Gasteiger partial charge in [-0.2, -0.15) is 0 Å². The SMILES string of the molecule is NCCc1cc(Cl)c2nc(NC(=O)c3ccc(-c4ccnc(N)n4)s3)sc2c1. The van der Waals surface area contributed by atoms with Gasteiger partial charge >= 0.3 is 0 Å². The van der Waals surface area contributed by atoms with E-state index < -0.39 is 0 Å². The summed E-state index contributed by atoms with van der Waals surface area (Å²) in [6.45, 7) is 0.545. The number of halogens is 1. The zero-order valence-electron chi connectivity index (χ0n) is 14.5. The van der Waals surface area contributed by atoms with E-state index in [1.54, 1.807) is 18.3 Å². The van der Waals surface area contributed by atoms with E-state index in [9.17, 15) is 4.79 Å². The number of nitrogen functional groups attached to an aromatic ring is 1. The Balaban J connectivity index is 1.56. The molecule has 0 aliphatic carbocycles. The fraction of sp³-hybridized carbons (Fsp3) is 0.111. The van der Waals surface area contributed by atoms with E-state index in [1.165, 1.54) is 22.7 Å². The highest BCUT2D eigenvalue weighted by Crippen LogP contribution is 2.33. The number of fused-ring (bicyclic) bond motifs is 1. The van der Waals surface area contributed by atoms with Gasteiger partial charge in [0, 0.05) is 6.20 Å². The molecule has 0 saturated heterocycles. The van der Waals surface area contributed by atoms with Crippen molar-refractivity contribution < 1.29 is 4.79 Å². The number of benzene rings is 1. The number of thiophene rings is 1. The van der Waals surface area contributed by atoms with E-state index in [0.717, 1.165) is 21.6 Å². The highest BCUT2D eigenvalue weighted by atomic mass is 35.5. The zero-order chi connectivity index (χ0) is 19.7. The Morgan fingerprint density at radius 3 is 2.82 bits per heavy atom. The van der Waals surface area contributed by atoms with Crippen molar-refractivity contribution in [3.05, 3.63) is 52.0 Å². The lowest BCUT2D eigenvalue weighted by Gasteiger charge is -1.99. The molecular weight excluding hydrogens is 416 g/mol. The number of nitrogens with zero attached hydrogens (tertiary/aromatic N) is 3. The molecule has 0 aliphatic heterocycles. The molecule has 3 heterocycles. The molecular formula is C18H15ClN6OS2. The van der Waals surface area contributed by atoms with Crippen LogP contribution in [0.1, 0.15) is 15.2 Å². The van der Waals surface area contributed by atoms with E-state index in [4.69, 9.17) is 23.1 Å². The van der Waals surface area contributed by atoms with Crippen LogP contribution in [-0.4, -0.2) is 27.4 Å². The van der Waals surface area contributed by atoms with Gasteiger partial charge in [0.05, 0.1) is 25.2 Å². The van der Waals surface area contributed by atoms with Gasteiger partial charge in [-0.3, -0.25) is 10.1 Å². The third kappa shape index (κ3) is 3.83. The molecule has 4 aromatic rings. The van der Waals surface area contributed by atoms with E-state index in [2.05, 4.69) is 20.3 Å². The maximum atomic E-state index is 12.6. The average molecular weight is 431 g/mol. The van der Waals surface area contributed by atoms with E-state index in [-0.39, 0.29) is 11.9 Å². The van der Waals surface area contributed by atoms with Crippen LogP contribution in [0.3, 0.4) is 0 Å². The minimum atomic E-state index is -0.240. The first-order valence-electron chi connectivity index (χ1n) is 8.32. The van der Waals surface area contributed by atoms with Crippen LogP contribution in [0.25, 0.3) is 20.8 Å². The summed E-state index contributed by atoms with van der Waals surface area (Å²) < 4.78 is 0.912. The van der Waals surface area contributed by atoms with Crippen LogP contribution >= 0.6 is 34.3 Å². The van der Waals surface area contributed by atoms with Crippen LogP contribution in [0.5, 0.6) is 0 Å². The number of carbonyl (C=O) groups is 1. The normalized spacial score (nSPS) is 11.1. The first-order chi connectivity index (χ1) is 13.5. The summed E-state index contributed by atoms with van der Waals surface area (Å²) in [5.41, 5.74) is 13.6. The average Bonchev–Trinajstić information content (AvgIpc) is 3.29. The van der Waals surface area contributed by atoms with E-state index in [1.807, 2.05) is 18.2 Å². The molecule has 5 N–H and O–H groups in total. The maximum absolute atomic E-state index is 12.6. The van der Waals surface area contributed by atoms with E-state index >= 15 is 0 Å². The number of nitrogens with two attached hydrogens (primary N) is 2. The van der Waals surface area contributed by atoms with Gasteiger partial charge < -0.3 is 11.5 Å². The van der Waals surface area contributed by atoms with Gasteiger partial charge in [-0.05, 0) is 48.9 Å². The maximum Gasteiger partial charge on any atom is 0.267 e. The molecule has 4 rings (SSSR count). The Hall–Kier alpha value is -2.59. The quantitative estimate of drug-likeness (QED) is 0.443. The van der Waals surface area contributed by atoms with Gasteiger partial charge in [0.15, 0.2) is 5.13 Å². The van der Waals surface area contributed by atoms with Crippen LogP contribution in [0, 0.1) is 0 Å². The van der Waals surface area contributed by atoms with Crippen LogP contribution in [0.2, 0.25) is 5.02 Å². The van der Waals surface area contributed by atoms with Gasteiger partial charge in [-0.1, -0.05) is 22.9 Å². The molecule has 28 heavy (non-hydrogen) atoms. The zero-order valence-corrected chi connectivity index (χ0v) is 16.9. The largest absolute Gasteiger partial charge is 0.368 e. The molecule has 0 aliphatic rings. The Kier molecular flexibility index (Phi) is 5.23. The standard InChI is InChI=1S/C18H15ClN6OS2/c19-10-7-9(3-5-20)8-14-15(10)24-18(28-14)25-16(26)13-2-1-12(27-13)11-4-6-22-17(21)23-11/h1-2,4,6-8H,3,5,20H2,(H2,21,22,23)(H,24,25,26). The molecule has 10 heteroatoms. The fourth-order valence-electron chi connectivity index (χ4n) is 2.67. The Bertz CT molecular complexity index is 1170. The number of carbonyl (C=O) groups excluding carboxylic acids is 1. The van der Waals surface area contributed by atoms with Crippen molar-refractivity contribution in [1.82, 2.24) is 15.0 Å². The number of thiazole rings is 1. The van der Waals surface area contributed by atoms with Crippen LogP contribution in [0.15, 0.2) is 36.5 Å². The Morgan fingerprint density at radius 1 is 1.18 bits per heavy atom. The van der Waals surface area contributed by atoms with E-state index in [0.29, 0.717) is 32.8 Å². The third-order valence-electron chi connectivity index (χ3n) is 3.92. The summed E-state index contributed by atoms with van der Waals surface area (Å²) in [4.78, 5) is 26.5. The van der Waals surface area contributed by atoms with Gasteiger partial charge in [0.2, 0.25) is 5.95 Å². The summed E-state index contributed by atoms with van der Waals surface area (Å²) in [6.07, 6.45) is 2.32. The lowest BCUT2D eigenvalue weighted by Crippen LogP contribution is -2.09. The van der Waals surface area contributed by atoms with Gasteiger partial charge in [-0.15, -0.1) is 11.3 Å². The second-order valence-corrected chi connectivity index (χ2v) is 8.42. The highest BCUT2D eigenvalue weighted by Gasteiger charge is 2.15. The predicted molar refractivity (Wildman–Crippen MR) is 115 cm³/mol. The number of aromatic nitrogens is 3. The van der Waals surface area contributed by atoms with Crippen molar-refractivity contribution in [2.75, 3.05) is 17.6 Å². The molecule has 0 saturated carbocycles. The topological polar surface area (TPSA) is 120 Å². The molecule has 7 nitrogen and oxygen atoms in total. The Morgan fingerprint density at radius 2 is 2.04 bits per heavy atom. The minimum Gasteiger partial charge on any atom is -0.368 e. The third-order valence-corrected chi connectivity index (χ3v) is 6.23. The molecule has 0 unspecified atom stereocenters. The molecule has 0 bridgehead atoms. The summed E-state index contributed by atoms with van der Waals surface area (Å²) in [5, 5.41) is 3.89. The van der Waals surface area contributed by atoms with Crippen molar-refractivity contribution in [3.63, 3.8) is 0 Å². The van der Waals surface area contributed by atoms with Crippen LogP contribution in [-0.2, 0) is 6.42 Å². The first-order valence-corrected chi connectivity index (χ1v) is 10.3. The first kappa shape index (κ1) is 18.8. The molecule has 0 atom stereocenters. The molecule has 0 spiro atoms. The number of hydrogen-bond acceptors (Lipinski definition) is 8. The van der Waals surface area contributed by atoms with Gasteiger partial charge in [0.25, 0.3) is 5.91 Å². The fourth-order valence-corrected chi connectivity index (χ4v) is 4.84. The van der Waals surface area contributed by atoms with Crippen molar-refractivity contribution in [2.24, 2.45) is 5.73 Å². The molecule has 3 aromatic heterocycles. The molecule has 1 aromatic carbocycles. The lowest BCUT2D eigenvalue weighted by atomic mass is 10.1. The number of anilines is 2. The molecule has 142 valence electrons. The van der Waals surface area contributed by atoms with Gasteiger partial charge in [0.1, 0.15) is 5.52 Å². The summed E-state index contributed by atoms with van der Waals surface area (Å²) in [6, 6.07) is 9.19. The van der Waals surface area contributed by atoms with Crippen molar-refractivity contribution in [2.45, 2.75) is 6.42 Å². The number of rotatable bonds is 5.